The minimum absolute atomic E-state index is 0.0317. The maximum Gasteiger partial charge on any atom is 0.251 e. The molecule has 3 N–H and O–H groups in total. The molecule has 0 radical (unpaired) electrons. The van der Waals surface area contributed by atoms with Gasteiger partial charge in [-0.05, 0) is 218 Å². The second-order valence-electron chi connectivity index (χ2n) is 30.9. The van der Waals surface area contributed by atoms with Gasteiger partial charge < -0.3 is 49.6 Å². The van der Waals surface area contributed by atoms with Crippen molar-refractivity contribution in [3.05, 3.63) is 202 Å². The van der Waals surface area contributed by atoms with Crippen molar-refractivity contribution in [3.63, 3.8) is 0 Å². The van der Waals surface area contributed by atoms with E-state index in [1.54, 1.807) is 36.2 Å². The quantitative estimate of drug-likeness (QED) is 0.0323. The van der Waals surface area contributed by atoms with Crippen LogP contribution in [0.4, 0.5) is 17.6 Å². The lowest BCUT2D eigenvalue weighted by Crippen LogP contribution is -2.55. The first-order valence-electron chi connectivity index (χ1n) is 38.8. The number of ether oxygens (including phenoxy) is 4. The summed E-state index contributed by atoms with van der Waals surface area (Å²) in [5, 5.41) is 8.11. The van der Waals surface area contributed by atoms with Gasteiger partial charge in [-0.1, -0.05) is 50.2 Å². The van der Waals surface area contributed by atoms with Crippen molar-refractivity contribution in [2.75, 3.05) is 111 Å². The van der Waals surface area contributed by atoms with Crippen LogP contribution in [-0.2, 0) is 53.3 Å². The molecule has 614 valence electrons. The van der Waals surface area contributed by atoms with Crippen LogP contribution >= 0.6 is 0 Å². The highest BCUT2D eigenvalue weighted by Crippen LogP contribution is 2.62. The SMILES string of the molecule is CC1(CC(=O)CCC[C@H](NC(=O)c2ccc(F)cc2)C(=O)N2CCOCC2)C[C@H]1c1ccc(F)cc1.COc1ccc([C@@H]2CC2(C)CCCS(=O)(=O)C[C@H](NC(=O)c2ccc(F)cc2)C(=O)N2CCOCC2)cc1.COc1ccc([C@@H]2CC2CC(=O)CCC[C@H](NC(=O)c2ccc(F)cc2)C(=O)N2CCN(S(C)(=O)=O)CC2)cc1. The van der Waals surface area contributed by atoms with E-state index in [9.17, 15) is 72.8 Å². The second-order valence-corrected chi connectivity index (χ2v) is 35.2. The first kappa shape index (κ1) is 87.0. The molecule has 23 nitrogen and oxygen atoms in total. The van der Waals surface area contributed by atoms with Crippen LogP contribution in [0.1, 0.15) is 163 Å². The van der Waals surface area contributed by atoms with Crippen molar-refractivity contribution in [2.45, 2.75) is 133 Å². The fraction of sp³-hybridized carbons (Fsp3) is 0.482. The number of carbonyl (C=O) groups excluding carboxylic acids is 8. The molecule has 0 spiro atoms. The molecule has 3 saturated carbocycles. The minimum Gasteiger partial charge on any atom is -0.497 e. The standard InChI is InChI=1S/C29H36FN3O6S.C28H32F2N2O4.C28H35FN2O6S/c1-39-25-12-8-20(9-13-25)26-19-22(26)18-24(34)4-3-5-27(31-28(35)21-6-10-23(30)11-7-21)29(36)32-14-16-33(17-15-32)40(2,37)38;1-28(18-24(28)19-5-9-21(29)10-6-19)17-23(33)3-2-4-25(27(35)32-13-15-36-16-14-32)31-26(34)20-7-11-22(30)12-8-20;1-28(18-24(28)20-6-10-23(36-2)11-7-20)12-3-17-38(34,35)19-25(27(33)31-13-15-37-16-14-31)30-26(32)21-4-8-22(29)9-5-21/h6-13,22,26-27H,3-5,14-19H2,1-2H3,(H,31,35);5-12,24-25H,2-4,13-18H2,1H3,(H,31,34);4-11,24-25H,3,12-19H2,1-2H3,(H,30,32)/t22?,26-,27-;2*24-,25-,28?/m000/s1. The average molecular weight is 1620 g/mol. The molecule has 3 aliphatic heterocycles. The molecule has 29 heteroatoms. The number of morpholine rings is 2. The van der Waals surface area contributed by atoms with E-state index in [-0.39, 0.29) is 101 Å². The van der Waals surface area contributed by atoms with Crippen LogP contribution in [0.3, 0.4) is 0 Å². The van der Waals surface area contributed by atoms with E-state index < -0.39 is 84.8 Å². The highest BCUT2D eigenvalue weighted by atomic mass is 32.2. The number of piperazine rings is 1. The van der Waals surface area contributed by atoms with Gasteiger partial charge >= 0.3 is 0 Å². The minimum atomic E-state index is -3.65. The molecule has 6 amide bonds. The van der Waals surface area contributed by atoms with Gasteiger partial charge in [0.2, 0.25) is 27.7 Å². The second kappa shape index (κ2) is 39.8. The maximum atomic E-state index is 13.4. The number of benzene rings is 6. The molecule has 6 aliphatic rings. The number of nitrogens with one attached hydrogen (secondary N) is 3. The Morgan fingerprint density at radius 3 is 1.27 bits per heavy atom. The topological polar surface area (TPSA) is 291 Å². The van der Waals surface area contributed by atoms with Crippen LogP contribution in [-0.4, -0.2) is 212 Å². The Labute approximate surface area is 664 Å². The lowest BCUT2D eigenvalue weighted by molar-refractivity contribution is -0.138. The van der Waals surface area contributed by atoms with Gasteiger partial charge in [0, 0.05) is 94.7 Å². The van der Waals surface area contributed by atoms with Crippen LogP contribution < -0.4 is 25.4 Å². The van der Waals surface area contributed by atoms with Crippen LogP contribution in [0, 0.1) is 40.0 Å². The molecule has 114 heavy (non-hydrogen) atoms. The zero-order chi connectivity index (χ0) is 81.9. The number of hydrogen-bond donors (Lipinski definition) is 3. The molecular weight excluding hydrogens is 1520 g/mol. The predicted octanol–water partition coefficient (Wildman–Crippen LogP) is 10.4. The third-order valence-electron chi connectivity index (χ3n) is 22.4. The van der Waals surface area contributed by atoms with Crippen LogP contribution in [0.5, 0.6) is 11.5 Å². The molecule has 9 atom stereocenters. The zero-order valence-corrected chi connectivity index (χ0v) is 66.8. The smallest absolute Gasteiger partial charge is 0.251 e. The number of nitrogens with zero attached hydrogens (tertiary/aromatic N) is 4. The van der Waals surface area contributed by atoms with E-state index in [2.05, 4.69) is 41.9 Å². The van der Waals surface area contributed by atoms with Crippen molar-refractivity contribution < 1.29 is 91.7 Å². The van der Waals surface area contributed by atoms with Crippen molar-refractivity contribution in [1.82, 2.24) is 35.0 Å². The van der Waals surface area contributed by atoms with Crippen molar-refractivity contribution in [1.29, 1.82) is 0 Å². The number of halogens is 4. The third kappa shape index (κ3) is 25.3. The van der Waals surface area contributed by atoms with E-state index in [0.29, 0.717) is 122 Å². The summed E-state index contributed by atoms with van der Waals surface area (Å²) in [7, 11) is -3.76. The van der Waals surface area contributed by atoms with Crippen molar-refractivity contribution >= 4 is 66.9 Å². The average Bonchev–Trinajstić information content (AvgIpc) is 1.60. The number of rotatable bonds is 33. The van der Waals surface area contributed by atoms with Crippen molar-refractivity contribution in [3.8, 4) is 11.5 Å². The highest BCUT2D eigenvalue weighted by molar-refractivity contribution is 7.91. The van der Waals surface area contributed by atoms with Gasteiger partial charge in [0.15, 0.2) is 9.84 Å². The van der Waals surface area contributed by atoms with Crippen LogP contribution in [0.2, 0.25) is 0 Å². The summed E-state index contributed by atoms with van der Waals surface area (Å²) in [6.07, 6.45) is 8.16. The number of ketones is 2. The molecule has 3 saturated heterocycles. The van der Waals surface area contributed by atoms with E-state index in [4.69, 9.17) is 18.9 Å². The molecule has 6 aromatic rings. The lowest BCUT2D eigenvalue weighted by atomic mass is 9.93. The predicted molar refractivity (Wildman–Crippen MR) is 420 cm³/mol. The summed E-state index contributed by atoms with van der Waals surface area (Å²) in [5.74, 6) is -1.70. The Bertz CT molecular complexity index is 4530. The number of amides is 6. The number of carbonyl (C=O) groups is 8. The maximum absolute atomic E-state index is 13.4. The summed E-state index contributed by atoms with van der Waals surface area (Å²) in [6, 6.07) is 34.5. The molecule has 3 aliphatic carbocycles. The summed E-state index contributed by atoms with van der Waals surface area (Å²) in [4.78, 5) is 108. The largest absolute Gasteiger partial charge is 0.497 e. The Balaban J connectivity index is 0.000000181. The fourth-order valence-corrected chi connectivity index (χ4v) is 17.6. The molecule has 0 bridgehead atoms. The molecule has 3 unspecified atom stereocenters. The normalized spacial score (nSPS) is 21.3. The van der Waals surface area contributed by atoms with Gasteiger partial charge in [-0.2, -0.15) is 4.31 Å². The van der Waals surface area contributed by atoms with Crippen LogP contribution in [0.15, 0.2) is 146 Å². The van der Waals surface area contributed by atoms with E-state index in [1.165, 1.54) is 93.1 Å². The summed E-state index contributed by atoms with van der Waals surface area (Å²) in [5.41, 5.74) is 4.00. The third-order valence-corrected chi connectivity index (χ3v) is 25.4. The van der Waals surface area contributed by atoms with E-state index in [1.807, 2.05) is 36.4 Å². The summed E-state index contributed by atoms with van der Waals surface area (Å²) in [6.45, 7) is 8.16. The van der Waals surface area contributed by atoms with Gasteiger partial charge in [-0.25, -0.2) is 34.4 Å². The zero-order valence-electron chi connectivity index (χ0n) is 65.1. The Hall–Kier alpha value is -9.42. The Morgan fingerprint density at radius 1 is 0.474 bits per heavy atom. The number of sulfonamides is 1. The van der Waals surface area contributed by atoms with E-state index in [0.717, 1.165) is 61.1 Å². The molecule has 6 fully saturated rings. The Kier molecular flexibility index (Phi) is 30.3. The van der Waals surface area contributed by atoms with Crippen molar-refractivity contribution in [2.24, 2.45) is 16.7 Å². The highest BCUT2D eigenvalue weighted by Gasteiger charge is 2.52. The van der Waals surface area contributed by atoms with Gasteiger partial charge in [0.05, 0.1) is 58.4 Å². The first-order valence-corrected chi connectivity index (χ1v) is 42.5. The van der Waals surface area contributed by atoms with Gasteiger partial charge in [0.1, 0.15) is 64.5 Å². The van der Waals surface area contributed by atoms with Gasteiger partial charge in [-0.15, -0.1) is 0 Å². The number of hydrogen-bond acceptors (Lipinski definition) is 16. The summed E-state index contributed by atoms with van der Waals surface area (Å²) >= 11 is 0. The molecule has 0 aromatic heterocycles. The number of sulfone groups is 1. The van der Waals surface area contributed by atoms with Crippen LogP contribution in [0.25, 0.3) is 0 Å². The van der Waals surface area contributed by atoms with Gasteiger partial charge in [0.25, 0.3) is 17.7 Å². The van der Waals surface area contributed by atoms with E-state index >= 15 is 0 Å². The Morgan fingerprint density at radius 2 is 0.842 bits per heavy atom. The monoisotopic (exact) mass is 1620 g/mol. The van der Waals surface area contributed by atoms with Gasteiger partial charge in [-0.3, -0.25) is 38.4 Å². The molecule has 3 heterocycles. The first-order chi connectivity index (χ1) is 54.4. The number of methoxy groups -OCH3 is 2. The molecule has 6 aromatic carbocycles. The molecular formula is C85H103F4N7O16S2. The number of Topliss-reactive ketones (excluding diaryl/α,β-unsaturated/α-hetero) is 2. The molecule has 12 rings (SSSR count). The fourth-order valence-electron chi connectivity index (χ4n) is 15.3. The lowest BCUT2D eigenvalue weighted by Gasteiger charge is -2.35. The summed E-state index contributed by atoms with van der Waals surface area (Å²) < 4.78 is 125.